The minimum absolute atomic E-state index is 0.0243. The molecule has 4 aliphatic carbocycles. The quantitative estimate of drug-likeness (QED) is 0.730. The van der Waals surface area contributed by atoms with Gasteiger partial charge in [-0.15, -0.1) is 0 Å². The van der Waals surface area contributed by atoms with Gasteiger partial charge in [-0.3, -0.25) is 19.2 Å². The van der Waals surface area contributed by atoms with Crippen LogP contribution in [0.1, 0.15) is 52.9 Å². The van der Waals surface area contributed by atoms with Gasteiger partial charge in [0.15, 0.2) is 12.4 Å². The molecule has 0 aromatic carbocycles. The third kappa shape index (κ3) is 2.71. The van der Waals surface area contributed by atoms with Crippen LogP contribution in [0.3, 0.4) is 0 Å². The van der Waals surface area contributed by atoms with Gasteiger partial charge < -0.3 is 9.84 Å². The molecule has 0 aromatic rings. The normalized spacial score (nSPS) is 43.2. The van der Waals surface area contributed by atoms with Crippen molar-refractivity contribution < 1.29 is 29.0 Å². The summed E-state index contributed by atoms with van der Waals surface area (Å²) in [4.78, 5) is 49.3. The zero-order chi connectivity index (χ0) is 21.2. The number of Topliss-reactive ketones (excluding diaryl/α,β-unsaturated/α-hetero) is 2. The van der Waals surface area contributed by atoms with Gasteiger partial charge in [0.05, 0.1) is 0 Å². The highest BCUT2D eigenvalue weighted by atomic mass is 16.5. The Morgan fingerprint density at radius 2 is 1.97 bits per heavy atom. The van der Waals surface area contributed by atoms with Crippen LogP contribution in [0.5, 0.6) is 0 Å². The molecule has 6 nitrogen and oxygen atoms in total. The molecule has 156 valence electrons. The van der Waals surface area contributed by atoms with E-state index in [4.69, 9.17) is 4.74 Å². The third-order valence-electron chi connectivity index (χ3n) is 8.24. The lowest BCUT2D eigenvalue weighted by Crippen LogP contribution is -2.60. The summed E-state index contributed by atoms with van der Waals surface area (Å²) in [5.41, 5.74) is -2.03. The summed E-state index contributed by atoms with van der Waals surface area (Å²) >= 11 is 0. The molecule has 0 heterocycles. The van der Waals surface area contributed by atoms with Gasteiger partial charge in [-0.25, -0.2) is 0 Å². The zero-order valence-electron chi connectivity index (χ0n) is 17.2. The summed E-state index contributed by atoms with van der Waals surface area (Å²) in [6, 6.07) is 0. The number of allylic oxidation sites excluding steroid dienone is 4. The molecule has 29 heavy (non-hydrogen) atoms. The van der Waals surface area contributed by atoms with E-state index in [0.29, 0.717) is 19.3 Å². The Morgan fingerprint density at radius 3 is 2.66 bits per heavy atom. The number of hydrogen-bond donors (Lipinski definition) is 1. The smallest absolute Gasteiger partial charge is 0.303 e. The second-order valence-corrected chi connectivity index (χ2v) is 9.67. The van der Waals surface area contributed by atoms with Crippen LogP contribution >= 0.6 is 0 Å². The van der Waals surface area contributed by atoms with E-state index >= 15 is 0 Å². The number of rotatable bonds is 3. The van der Waals surface area contributed by atoms with Crippen molar-refractivity contribution in [3.05, 3.63) is 23.8 Å². The van der Waals surface area contributed by atoms with Crippen molar-refractivity contribution in [3.63, 3.8) is 0 Å². The van der Waals surface area contributed by atoms with Crippen molar-refractivity contribution in [2.75, 3.05) is 6.61 Å². The van der Waals surface area contributed by atoms with Crippen molar-refractivity contribution in [3.8, 4) is 0 Å². The van der Waals surface area contributed by atoms with Crippen LogP contribution in [0.15, 0.2) is 23.8 Å². The number of carbonyl (C=O) groups excluding carboxylic acids is 4. The lowest BCUT2D eigenvalue weighted by atomic mass is 9.47. The van der Waals surface area contributed by atoms with Gasteiger partial charge >= 0.3 is 5.97 Å². The largest absolute Gasteiger partial charge is 0.458 e. The monoisotopic (exact) mass is 400 g/mol. The Kier molecular flexibility index (Phi) is 4.50. The van der Waals surface area contributed by atoms with E-state index in [9.17, 15) is 24.3 Å². The van der Waals surface area contributed by atoms with Crippen molar-refractivity contribution in [2.45, 2.75) is 58.5 Å². The highest BCUT2D eigenvalue weighted by molar-refractivity contribution is 5.95. The Balaban J connectivity index is 1.70. The zero-order valence-corrected chi connectivity index (χ0v) is 17.2. The molecule has 0 amide bonds. The van der Waals surface area contributed by atoms with Crippen molar-refractivity contribution in [1.29, 1.82) is 0 Å². The minimum atomic E-state index is -1.68. The maximum Gasteiger partial charge on any atom is 0.303 e. The average Bonchev–Trinajstić information content (AvgIpc) is 2.91. The number of hydrogen-bond acceptors (Lipinski definition) is 6. The van der Waals surface area contributed by atoms with Gasteiger partial charge in [0.25, 0.3) is 0 Å². The van der Waals surface area contributed by atoms with E-state index in [1.807, 2.05) is 19.1 Å². The Bertz CT molecular complexity index is 869. The summed E-state index contributed by atoms with van der Waals surface area (Å²) < 4.78 is 4.85. The number of ether oxygens (including phenoxy) is 1. The minimum Gasteiger partial charge on any atom is -0.458 e. The van der Waals surface area contributed by atoms with Crippen LogP contribution in [0, 0.1) is 28.6 Å². The van der Waals surface area contributed by atoms with E-state index < -0.39 is 29.4 Å². The van der Waals surface area contributed by atoms with Crippen LogP contribution in [0.2, 0.25) is 0 Å². The summed E-state index contributed by atoms with van der Waals surface area (Å²) in [7, 11) is 0. The molecular formula is C23H28O6. The second kappa shape index (κ2) is 6.46. The predicted octanol–water partition coefficient (Wildman–Crippen LogP) is 2.34. The average molecular weight is 400 g/mol. The molecule has 0 aliphatic heterocycles. The Hall–Kier alpha value is -2.08. The predicted molar refractivity (Wildman–Crippen MR) is 104 cm³/mol. The maximum atomic E-state index is 13.4. The van der Waals surface area contributed by atoms with Crippen LogP contribution in [-0.2, 0) is 23.9 Å². The Morgan fingerprint density at radius 1 is 1.24 bits per heavy atom. The van der Waals surface area contributed by atoms with E-state index in [1.54, 1.807) is 6.08 Å². The first-order chi connectivity index (χ1) is 13.5. The van der Waals surface area contributed by atoms with Gasteiger partial charge in [-0.2, -0.15) is 0 Å². The van der Waals surface area contributed by atoms with Crippen molar-refractivity contribution in [1.82, 2.24) is 0 Å². The summed E-state index contributed by atoms with van der Waals surface area (Å²) in [5.74, 6) is -1.30. The number of esters is 1. The molecule has 0 unspecified atom stereocenters. The molecule has 2 saturated carbocycles. The first-order valence-electron chi connectivity index (χ1n) is 10.4. The molecule has 0 spiro atoms. The van der Waals surface area contributed by atoms with Gasteiger partial charge in [0.2, 0.25) is 5.78 Å². The molecule has 4 aliphatic rings. The number of carbonyl (C=O) groups is 4. The fraction of sp³-hybridized carbons (Fsp3) is 0.652. The van der Waals surface area contributed by atoms with Gasteiger partial charge in [-0.05, 0) is 42.7 Å². The fourth-order valence-electron chi connectivity index (χ4n) is 6.58. The van der Waals surface area contributed by atoms with Crippen molar-refractivity contribution >= 4 is 23.3 Å². The standard InChI is InChI=1S/C23H28O6/c1-13(24)29-12-19(27)23(28)9-7-17-16-5-4-14-10-15(25)6-8-21(14,2)20(16)18(26)11-22(17,23)3/h4-5,10,16-17,20,28H,6-9,11-12H2,1-3H3/t16-,17-,20+,21-,22-,23-/m0/s1. The molecule has 0 saturated heterocycles. The van der Waals surface area contributed by atoms with Gasteiger partial charge in [-0.1, -0.05) is 26.0 Å². The molecule has 0 aromatic heterocycles. The van der Waals surface area contributed by atoms with E-state index in [-0.39, 0.29) is 47.6 Å². The van der Waals surface area contributed by atoms with Gasteiger partial charge in [0, 0.05) is 36.5 Å². The number of fused-ring (bicyclic) bond motifs is 5. The third-order valence-corrected chi connectivity index (χ3v) is 8.24. The second-order valence-electron chi connectivity index (χ2n) is 9.67. The topological polar surface area (TPSA) is 97.7 Å². The molecule has 2 fully saturated rings. The van der Waals surface area contributed by atoms with Gasteiger partial charge in [0.1, 0.15) is 11.4 Å². The lowest BCUT2D eigenvalue weighted by molar-refractivity contribution is -0.170. The molecule has 6 atom stereocenters. The fourth-order valence-corrected chi connectivity index (χ4v) is 6.58. The summed E-state index contributed by atoms with van der Waals surface area (Å²) in [6.45, 7) is 4.65. The molecule has 4 rings (SSSR count). The number of ketones is 3. The van der Waals surface area contributed by atoms with Crippen molar-refractivity contribution in [2.24, 2.45) is 28.6 Å². The first kappa shape index (κ1) is 20.2. The summed E-state index contributed by atoms with van der Waals surface area (Å²) in [5, 5.41) is 11.4. The van der Waals surface area contributed by atoms with E-state index in [1.165, 1.54) is 6.92 Å². The molecule has 0 radical (unpaired) electrons. The molecular weight excluding hydrogens is 372 g/mol. The Labute approximate surface area is 170 Å². The maximum absolute atomic E-state index is 13.4. The highest BCUT2D eigenvalue weighted by Gasteiger charge is 2.68. The first-order valence-corrected chi connectivity index (χ1v) is 10.4. The van der Waals surface area contributed by atoms with E-state index in [0.717, 1.165) is 5.57 Å². The van der Waals surface area contributed by atoms with E-state index in [2.05, 4.69) is 6.92 Å². The SMILES string of the molecule is CC(=O)OCC(=O)[C@@]1(O)CC[C@H]2[C@@H]3C=CC4=CC(=O)CC[C@]4(C)[C@H]3C(=O)C[C@@]21C. The van der Waals surface area contributed by atoms with Crippen LogP contribution in [-0.4, -0.2) is 40.6 Å². The molecule has 6 heteroatoms. The van der Waals surface area contributed by atoms with Crippen LogP contribution in [0.25, 0.3) is 0 Å². The van der Waals surface area contributed by atoms with Crippen LogP contribution in [0.4, 0.5) is 0 Å². The van der Waals surface area contributed by atoms with Crippen LogP contribution < -0.4 is 0 Å². The highest BCUT2D eigenvalue weighted by Crippen LogP contribution is 2.65. The molecule has 1 N–H and O–H groups in total. The number of aliphatic hydroxyl groups is 1. The molecule has 0 bridgehead atoms. The summed E-state index contributed by atoms with van der Waals surface area (Å²) in [6.07, 6.45) is 7.75. The lowest BCUT2D eigenvalue weighted by Gasteiger charge is -2.55.